The quantitative estimate of drug-likeness (QED) is 0.590. The van der Waals surface area contributed by atoms with E-state index in [0.717, 1.165) is 17.7 Å². The molecule has 0 radical (unpaired) electrons. The minimum Gasteiger partial charge on any atom is -0.493 e. The molecule has 1 atom stereocenters. The van der Waals surface area contributed by atoms with Crippen LogP contribution in [-0.4, -0.2) is 19.1 Å². The van der Waals surface area contributed by atoms with E-state index in [1.807, 2.05) is 0 Å². The van der Waals surface area contributed by atoms with Crippen molar-refractivity contribution in [3.05, 3.63) is 66.0 Å². The molecule has 0 aromatic heterocycles. The molecule has 0 fully saturated rings. The molecule has 0 unspecified atom stereocenters. The number of benzene rings is 2. The van der Waals surface area contributed by atoms with Gasteiger partial charge in [-0.3, -0.25) is 4.79 Å². The van der Waals surface area contributed by atoms with Crippen LogP contribution in [0.15, 0.2) is 43.0 Å². The molecule has 0 bridgehead atoms. The molecule has 0 aliphatic heterocycles. The average molecular weight is 365 g/mol. The minimum absolute atomic E-state index is 0.314. The summed E-state index contributed by atoms with van der Waals surface area (Å²) in [4.78, 5) is 12.2. The van der Waals surface area contributed by atoms with Crippen molar-refractivity contribution in [3.8, 4) is 11.5 Å². The molecule has 2 aromatic rings. The predicted molar refractivity (Wildman–Crippen MR) is 91.9 cm³/mol. The molecular weight excluding hydrogens is 347 g/mol. The SMILES string of the molecule is C=CCc1ccc(O[C@H](C)C(=O)Nc2ccc(F)c(F)c2F)c(OC)c1. The summed E-state index contributed by atoms with van der Waals surface area (Å²) in [5, 5.41) is 2.17. The van der Waals surface area contributed by atoms with Crippen LogP contribution in [0.25, 0.3) is 0 Å². The van der Waals surface area contributed by atoms with E-state index in [9.17, 15) is 18.0 Å². The van der Waals surface area contributed by atoms with Gasteiger partial charge < -0.3 is 14.8 Å². The summed E-state index contributed by atoms with van der Waals surface area (Å²) >= 11 is 0. The summed E-state index contributed by atoms with van der Waals surface area (Å²) in [6, 6.07) is 6.83. The molecule has 0 saturated heterocycles. The van der Waals surface area contributed by atoms with E-state index >= 15 is 0 Å². The Labute approximate surface area is 149 Å². The number of allylic oxidation sites excluding steroid dienone is 1. The van der Waals surface area contributed by atoms with Crippen LogP contribution in [0.4, 0.5) is 18.9 Å². The molecule has 0 spiro atoms. The Bertz CT molecular complexity index is 824. The molecule has 0 saturated carbocycles. The van der Waals surface area contributed by atoms with Crippen molar-refractivity contribution in [3.63, 3.8) is 0 Å². The third-order valence-electron chi connectivity index (χ3n) is 3.57. The lowest BCUT2D eigenvalue weighted by molar-refractivity contribution is -0.122. The number of rotatable bonds is 7. The highest BCUT2D eigenvalue weighted by Gasteiger charge is 2.20. The van der Waals surface area contributed by atoms with Crippen LogP contribution in [-0.2, 0) is 11.2 Å². The topological polar surface area (TPSA) is 47.6 Å². The Hall–Kier alpha value is -2.96. The first-order valence-electron chi connectivity index (χ1n) is 7.76. The van der Waals surface area contributed by atoms with Gasteiger partial charge in [0.25, 0.3) is 5.91 Å². The number of methoxy groups -OCH3 is 1. The van der Waals surface area contributed by atoms with E-state index < -0.39 is 35.2 Å². The van der Waals surface area contributed by atoms with E-state index in [1.165, 1.54) is 14.0 Å². The van der Waals surface area contributed by atoms with Gasteiger partial charge in [-0.1, -0.05) is 12.1 Å². The molecule has 2 aromatic carbocycles. The predicted octanol–water partition coefficient (Wildman–Crippen LogP) is 4.25. The van der Waals surface area contributed by atoms with Gasteiger partial charge in [-0.25, -0.2) is 13.2 Å². The number of hydrogen-bond acceptors (Lipinski definition) is 3. The van der Waals surface area contributed by atoms with E-state index in [1.54, 1.807) is 24.3 Å². The zero-order chi connectivity index (χ0) is 19.3. The molecule has 138 valence electrons. The normalized spacial score (nSPS) is 11.6. The molecular formula is C19H18F3NO3. The first-order chi connectivity index (χ1) is 12.4. The second-order valence-electron chi connectivity index (χ2n) is 5.45. The van der Waals surface area contributed by atoms with Crippen molar-refractivity contribution >= 4 is 11.6 Å². The van der Waals surface area contributed by atoms with Crippen molar-refractivity contribution in [2.45, 2.75) is 19.4 Å². The Kier molecular flexibility index (Phi) is 6.27. The first-order valence-corrected chi connectivity index (χ1v) is 7.76. The number of carbonyl (C=O) groups excluding carboxylic acids is 1. The van der Waals surface area contributed by atoms with E-state index in [2.05, 4.69) is 11.9 Å². The maximum absolute atomic E-state index is 13.7. The molecule has 1 amide bonds. The highest BCUT2D eigenvalue weighted by molar-refractivity contribution is 5.94. The Morgan fingerprint density at radius 2 is 1.92 bits per heavy atom. The largest absolute Gasteiger partial charge is 0.493 e. The average Bonchev–Trinajstić information content (AvgIpc) is 2.63. The van der Waals surface area contributed by atoms with E-state index in [4.69, 9.17) is 9.47 Å². The third-order valence-corrected chi connectivity index (χ3v) is 3.57. The maximum atomic E-state index is 13.7. The molecule has 2 rings (SSSR count). The monoisotopic (exact) mass is 365 g/mol. The Balaban J connectivity index is 2.12. The number of amides is 1. The van der Waals surface area contributed by atoms with Gasteiger partial charge in [0, 0.05) is 0 Å². The van der Waals surface area contributed by atoms with Crippen molar-refractivity contribution in [1.29, 1.82) is 0 Å². The van der Waals surface area contributed by atoms with Crippen LogP contribution in [0.5, 0.6) is 11.5 Å². The van der Waals surface area contributed by atoms with Crippen molar-refractivity contribution in [1.82, 2.24) is 0 Å². The number of halogens is 3. The lowest BCUT2D eigenvalue weighted by atomic mass is 10.1. The zero-order valence-electron chi connectivity index (χ0n) is 14.3. The minimum atomic E-state index is -1.66. The number of ether oxygens (including phenoxy) is 2. The van der Waals surface area contributed by atoms with E-state index in [0.29, 0.717) is 17.9 Å². The number of anilines is 1. The van der Waals surface area contributed by atoms with Gasteiger partial charge in [0.2, 0.25) is 0 Å². The van der Waals surface area contributed by atoms with Crippen molar-refractivity contribution in [2.24, 2.45) is 0 Å². The van der Waals surface area contributed by atoms with Crippen LogP contribution < -0.4 is 14.8 Å². The lowest BCUT2D eigenvalue weighted by Gasteiger charge is -2.17. The molecule has 1 N–H and O–H groups in total. The summed E-state index contributed by atoms with van der Waals surface area (Å²) < 4.78 is 50.6. The standard InChI is InChI=1S/C19H18F3NO3/c1-4-5-12-6-9-15(16(10-12)25-3)26-11(2)19(24)23-14-8-7-13(20)17(21)18(14)22/h4,6-11H,1,5H2,2-3H3,(H,23,24)/t11-/m1/s1. The second kappa shape index (κ2) is 8.42. The van der Waals surface area contributed by atoms with Gasteiger partial charge in [0.05, 0.1) is 12.8 Å². The summed E-state index contributed by atoms with van der Waals surface area (Å²) in [5.41, 5.74) is 0.475. The summed E-state index contributed by atoms with van der Waals surface area (Å²) in [6.07, 6.45) is 1.34. The van der Waals surface area contributed by atoms with Gasteiger partial charge >= 0.3 is 0 Å². The van der Waals surface area contributed by atoms with Gasteiger partial charge in [0.1, 0.15) is 0 Å². The van der Waals surface area contributed by atoms with Gasteiger partial charge in [-0.05, 0) is 43.2 Å². The van der Waals surface area contributed by atoms with Crippen LogP contribution in [0.3, 0.4) is 0 Å². The lowest BCUT2D eigenvalue weighted by Crippen LogP contribution is -2.30. The fraction of sp³-hybridized carbons (Fsp3) is 0.211. The Morgan fingerprint density at radius 1 is 1.19 bits per heavy atom. The maximum Gasteiger partial charge on any atom is 0.265 e. The number of hydrogen-bond donors (Lipinski definition) is 1. The number of carbonyl (C=O) groups is 1. The molecule has 4 nitrogen and oxygen atoms in total. The number of nitrogens with one attached hydrogen (secondary N) is 1. The zero-order valence-corrected chi connectivity index (χ0v) is 14.3. The fourth-order valence-electron chi connectivity index (χ4n) is 2.20. The molecule has 0 aliphatic carbocycles. The van der Waals surface area contributed by atoms with Gasteiger partial charge in [-0.15, -0.1) is 6.58 Å². The van der Waals surface area contributed by atoms with Crippen molar-refractivity contribution in [2.75, 3.05) is 12.4 Å². The molecule has 0 heterocycles. The summed E-state index contributed by atoms with van der Waals surface area (Å²) in [5.74, 6) is -4.47. The van der Waals surface area contributed by atoms with Crippen LogP contribution in [0, 0.1) is 17.5 Å². The van der Waals surface area contributed by atoms with Crippen LogP contribution >= 0.6 is 0 Å². The highest BCUT2D eigenvalue weighted by Crippen LogP contribution is 2.29. The smallest absolute Gasteiger partial charge is 0.265 e. The highest BCUT2D eigenvalue weighted by atomic mass is 19.2. The third kappa shape index (κ3) is 4.36. The molecule has 0 aliphatic rings. The first kappa shape index (κ1) is 19.4. The summed E-state index contributed by atoms with van der Waals surface area (Å²) in [6.45, 7) is 5.09. The Morgan fingerprint density at radius 3 is 2.58 bits per heavy atom. The van der Waals surface area contributed by atoms with Crippen molar-refractivity contribution < 1.29 is 27.4 Å². The van der Waals surface area contributed by atoms with Crippen LogP contribution in [0.1, 0.15) is 12.5 Å². The second-order valence-corrected chi connectivity index (χ2v) is 5.45. The molecule has 26 heavy (non-hydrogen) atoms. The van der Waals surface area contributed by atoms with Crippen LogP contribution in [0.2, 0.25) is 0 Å². The van der Waals surface area contributed by atoms with Gasteiger partial charge in [-0.2, -0.15) is 0 Å². The fourth-order valence-corrected chi connectivity index (χ4v) is 2.20. The molecule has 7 heteroatoms. The van der Waals surface area contributed by atoms with E-state index in [-0.39, 0.29) is 0 Å². The summed E-state index contributed by atoms with van der Waals surface area (Å²) in [7, 11) is 1.46. The van der Waals surface area contributed by atoms with Gasteiger partial charge in [0.15, 0.2) is 35.1 Å².